The quantitative estimate of drug-likeness (QED) is 0.0278. The third-order valence-corrected chi connectivity index (χ3v) is 6.91. The van der Waals surface area contributed by atoms with Gasteiger partial charge in [-0.3, -0.25) is 77.1 Å². The van der Waals surface area contributed by atoms with Gasteiger partial charge in [-0.2, -0.15) is 0 Å². The Kier molecular flexibility index (Phi) is 54.7. The molecule has 0 aliphatic carbocycles. The summed E-state index contributed by atoms with van der Waals surface area (Å²) in [6, 6.07) is 0. The molecule has 0 saturated carbocycles. The number of carboxylic acids is 14. The van der Waals surface area contributed by atoms with Gasteiger partial charge in [0.1, 0.15) is 0 Å². The molecule has 0 amide bonds. The predicted octanol–water partition coefficient (Wildman–Crippen LogP) is -10.2. The zero-order chi connectivity index (χ0) is 52.7. The van der Waals surface area contributed by atoms with Crippen molar-refractivity contribution in [2.45, 2.75) is 36.9 Å². The summed E-state index contributed by atoms with van der Waals surface area (Å²) in [6.45, 7) is -4.50. The first-order valence-corrected chi connectivity index (χ1v) is 17.4. The van der Waals surface area contributed by atoms with Crippen LogP contribution < -0.4 is 0 Å². The van der Waals surface area contributed by atoms with E-state index in [0.717, 1.165) is 19.6 Å². The molecule has 398 valence electrons. The number of aliphatic carboxylic acids is 14. The van der Waals surface area contributed by atoms with Crippen LogP contribution in [-0.4, -0.2) is 374 Å². The number of aliphatic hydroxyl groups is 2. The summed E-state index contributed by atoms with van der Waals surface area (Å²) in [6.07, 6.45) is -4.58. The third-order valence-electron chi connectivity index (χ3n) is 6.91. The molecule has 0 atom stereocenters. The Morgan fingerprint density at radius 3 is 0.437 bits per heavy atom. The molecular formula is C32H55N4Na3O32. The predicted molar refractivity (Wildman–Crippen MR) is 230 cm³/mol. The van der Waals surface area contributed by atoms with Crippen LogP contribution in [0.5, 0.6) is 0 Å². The van der Waals surface area contributed by atoms with E-state index in [2.05, 4.69) is 0 Å². The van der Waals surface area contributed by atoms with E-state index in [1.54, 1.807) is 0 Å². The van der Waals surface area contributed by atoms with E-state index < -0.39 is 173 Å². The molecule has 36 nitrogen and oxygen atoms in total. The fraction of sp³-hybridized carbons (Fsp3) is 0.562. The fourth-order valence-corrected chi connectivity index (χ4v) is 4.38. The van der Waals surface area contributed by atoms with Gasteiger partial charge in [0.05, 0.1) is 78.0 Å². The molecule has 71 heavy (non-hydrogen) atoms. The Hall–Kier alpha value is -4.74. The van der Waals surface area contributed by atoms with Gasteiger partial charge in [-0.15, -0.1) is 0 Å². The molecule has 0 aliphatic rings. The van der Waals surface area contributed by atoms with Gasteiger partial charge in [0.25, 0.3) is 0 Å². The summed E-state index contributed by atoms with van der Waals surface area (Å²) in [5, 5.41) is 137. The number of rotatable bonds is 32. The van der Waals surface area contributed by atoms with Crippen LogP contribution in [0.1, 0.15) is 25.7 Å². The third kappa shape index (κ3) is 54.4. The normalized spacial score (nSPS) is 10.0. The number of carbonyl (C=O) groups is 14. The zero-order valence-corrected chi connectivity index (χ0v) is 35.0. The van der Waals surface area contributed by atoms with Crippen molar-refractivity contribution < 1.29 is 160 Å². The van der Waals surface area contributed by atoms with Crippen LogP contribution in [0, 0.1) is 0 Å². The van der Waals surface area contributed by atoms with E-state index in [1.807, 2.05) is 0 Å². The molecule has 0 bridgehead atoms. The van der Waals surface area contributed by atoms with Crippen molar-refractivity contribution in [2.24, 2.45) is 0 Å². The maximum absolute atomic E-state index is 10.6. The van der Waals surface area contributed by atoms with Crippen LogP contribution in [0.15, 0.2) is 0 Å². The van der Waals surface area contributed by atoms with Crippen molar-refractivity contribution in [3.8, 4) is 0 Å². The second-order valence-electron chi connectivity index (χ2n) is 12.9. The topological polar surface area (TPSA) is 639 Å². The number of carboxylic acid groups (broad SMARTS) is 14. The van der Waals surface area contributed by atoms with E-state index in [9.17, 15) is 67.1 Å². The van der Waals surface area contributed by atoms with Crippen LogP contribution in [-0.2, 0) is 67.1 Å². The summed E-state index contributed by atoms with van der Waals surface area (Å²) in [5.41, 5.74) is -5.48. The van der Waals surface area contributed by atoms with E-state index in [1.165, 1.54) is 0 Å². The van der Waals surface area contributed by atoms with Gasteiger partial charge in [-0.25, -0.2) is 9.59 Å². The van der Waals surface area contributed by atoms with Crippen LogP contribution in [0.2, 0.25) is 0 Å². The molecule has 0 aromatic heterocycles. The Morgan fingerprint density at radius 2 is 0.366 bits per heavy atom. The van der Waals surface area contributed by atoms with Crippen molar-refractivity contribution in [3.05, 3.63) is 0 Å². The number of nitrogens with zero attached hydrogens (tertiary/aromatic N) is 4. The molecule has 0 aromatic carbocycles. The minimum absolute atomic E-state index is 0. The van der Waals surface area contributed by atoms with Crippen molar-refractivity contribution in [3.63, 3.8) is 0 Å². The van der Waals surface area contributed by atoms with E-state index in [4.69, 9.17) is 81.7 Å². The zero-order valence-electron chi connectivity index (χ0n) is 35.0. The Bertz CT molecular complexity index is 1480. The first-order valence-electron chi connectivity index (χ1n) is 17.4. The summed E-state index contributed by atoms with van der Waals surface area (Å²) in [7, 11) is 0. The van der Waals surface area contributed by atoms with Crippen molar-refractivity contribution in [2.75, 3.05) is 78.5 Å². The van der Waals surface area contributed by atoms with Crippen LogP contribution in [0.3, 0.4) is 0 Å². The van der Waals surface area contributed by atoms with Crippen molar-refractivity contribution in [1.82, 2.24) is 19.6 Å². The second kappa shape index (κ2) is 45.1. The van der Waals surface area contributed by atoms with Gasteiger partial charge in [0.2, 0.25) is 0 Å². The Morgan fingerprint density at radius 1 is 0.254 bits per heavy atom. The second-order valence-corrected chi connectivity index (χ2v) is 12.9. The molecule has 20 N–H and O–H groups in total. The van der Waals surface area contributed by atoms with Gasteiger partial charge >= 0.3 is 172 Å². The standard InChI is InChI=1S/2C10H16N2O8.2C6H8O7.3Na.2H2O.3H/c2*13-7(14)3-11(4-8(15)16)1-2-12(5-9(17)18)6-10(19)20;2*7-3(8)1-6(13,5(11)12)2-4(9)10;;;;;;;;/h2*1-6H2,(H,13,14)(H,15,16)(H,17,18)(H,19,20);2*13H,1-2H2,(H,7,8)(H,9,10)(H,11,12);;;;2*1H2;;;. The fourth-order valence-electron chi connectivity index (χ4n) is 4.38. The summed E-state index contributed by atoms with van der Waals surface area (Å²) in [4.78, 5) is 150. The SMILES string of the molecule is O.O.O=C(O)CC(O)(CC(=O)O)C(=O)O.O=C(O)CC(O)(CC(=O)O)C(=O)O.O=C(O)CN(CCN(CC(=O)O)CC(=O)O)CC(=O)O.O=C(O)CN(CCN(CC(=O)O)CC(=O)O)CC(=O)O.[NaH].[NaH].[NaH]. The maximum atomic E-state index is 10.6. The molecule has 0 rings (SSSR count). The summed E-state index contributed by atoms with van der Waals surface area (Å²) >= 11 is 0. The van der Waals surface area contributed by atoms with E-state index >= 15 is 0 Å². The van der Waals surface area contributed by atoms with Crippen molar-refractivity contribution >= 4 is 172 Å². The first kappa shape index (κ1) is 86.1. The molecule has 0 unspecified atom stereocenters. The number of hydrogen-bond acceptors (Lipinski definition) is 20. The number of hydrogen-bond donors (Lipinski definition) is 16. The summed E-state index contributed by atoms with van der Waals surface area (Å²) < 4.78 is 0. The van der Waals surface area contributed by atoms with Gasteiger partial charge in [-0.1, -0.05) is 0 Å². The Balaban J connectivity index is -0.000000103. The van der Waals surface area contributed by atoms with Crippen LogP contribution >= 0.6 is 0 Å². The Labute approximate surface area is 463 Å². The van der Waals surface area contributed by atoms with E-state index in [-0.39, 0.29) is 126 Å². The minimum atomic E-state index is -2.74. The average Bonchev–Trinajstić information content (AvgIpc) is 3.06. The molecule has 0 heterocycles. The average molecular weight is 1080 g/mol. The molecule has 0 aliphatic heterocycles. The molecule has 0 aromatic rings. The monoisotopic (exact) mass is 1080 g/mol. The van der Waals surface area contributed by atoms with Gasteiger partial charge in [-0.05, 0) is 0 Å². The molecule has 0 fully saturated rings. The van der Waals surface area contributed by atoms with E-state index in [0.29, 0.717) is 0 Å². The van der Waals surface area contributed by atoms with Gasteiger partial charge in [0, 0.05) is 26.2 Å². The van der Waals surface area contributed by atoms with Crippen LogP contribution in [0.25, 0.3) is 0 Å². The van der Waals surface area contributed by atoms with Gasteiger partial charge in [0.15, 0.2) is 11.2 Å². The molecule has 0 saturated heterocycles. The molecule has 0 radical (unpaired) electrons. The summed E-state index contributed by atoms with van der Waals surface area (Å²) in [5.74, 6) is -19.9. The molecule has 0 spiro atoms. The van der Waals surface area contributed by atoms with Gasteiger partial charge < -0.3 is 92.7 Å². The van der Waals surface area contributed by atoms with Crippen LogP contribution in [0.4, 0.5) is 0 Å². The first-order chi connectivity index (χ1) is 30.0. The molecular weight excluding hydrogens is 1020 g/mol. The van der Waals surface area contributed by atoms with Crippen molar-refractivity contribution in [1.29, 1.82) is 0 Å². The molecule has 39 heteroatoms.